The highest BCUT2D eigenvalue weighted by Crippen LogP contribution is 2.35. The van der Waals surface area contributed by atoms with Crippen molar-refractivity contribution in [2.24, 2.45) is 5.92 Å². The van der Waals surface area contributed by atoms with Crippen LogP contribution in [0.4, 0.5) is 0 Å². The van der Waals surface area contributed by atoms with Crippen molar-refractivity contribution < 1.29 is 14.7 Å². The molecule has 0 aromatic heterocycles. The van der Waals surface area contributed by atoms with Crippen LogP contribution in [-0.4, -0.2) is 32.2 Å². The first-order valence-corrected chi connectivity index (χ1v) is 8.10. The molecule has 0 unspecified atom stereocenters. The van der Waals surface area contributed by atoms with Crippen molar-refractivity contribution >= 4 is 46.3 Å². The highest BCUT2D eigenvalue weighted by molar-refractivity contribution is 8.26. The molecule has 0 radical (unpaired) electrons. The van der Waals surface area contributed by atoms with E-state index >= 15 is 0 Å². The lowest BCUT2D eigenvalue weighted by atomic mass is 10.0. The number of hydrogen-bond acceptors (Lipinski definition) is 4. The lowest BCUT2D eigenvalue weighted by Gasteiger charge is -2.26. The standard InChI is InChI=1S/C16H17NO3S2/c1-9(2)13(15(19)20)17-14(18)12(22-16(17)21)8-11-6-4-5-10(3)7-11/h4-9,13H,1-3H3,(H,19,20)/b12-8-/t13-/m1/s1. The Bertz CT molecular complexity index is 667. The molecule has 1 aliphatic rings. The fourth-order valence-corrected chi connectivity index (χ4v) is 3.65. The van der Waals surface area contributed by atoms with E-state index < -0.39 is 12.0 Å². The first kappa shape index (κ1) is 16.7. The second-order valence-corrected chi connectivity index (χ2v) is 7.17. The van der Waals surface area contributed by atoms with Gasteiger partial charge in [-0.25, -0.2) is 4.79 Å². The van der Waals surface area contributed by atoms with Gasteiger partial charge in [0.05, 0.1) is 4.91 Å². The van der Waals surface area contributed by atoms with Gasteiger partial charge in [0.1, 0.15) is 10.4 Å². The van der Waals surface area contributed by atoms with Crippen LogP contribution in [0.3, 0.4) is 0 Å². The Morgan fingerprint density at radius 3 is 2.64 bits per heavy atom. The van der Waals surface area contributed by atoms with Gasteiger partial charge >= 0.3 is 5.97 Å². The van der Waals surface area contributed by atoms with Crippen LogP contribution in [0.25, 0.3) is 6.08 Å². The summed E-state index contributed by atoms with van der Waals surface area (Å²) in [5, 5.41) is 9.37. The Morgan fingerprint density at radius 2 is 2.09 bits per heavy atom. The molecule has 1 atom stereocenters. The van der Waals surface area contributed by atoms with Crippen LogP contribution >= 0.6 is 24.0 Å². The minimum absolute atomic E-state index is 0.224. The molecule has 116 valence electrons. The summed E-state index contributed by atoms with van der Waals surface area (Å²) in [4.78, 5) is 25.7. The van der Waals surface area contributed by atoms with E-state index in [9.17, 15) is 14.7 Å². The van der Waals surface area contributed by atoms with Gasteiger partial charge in [-0.05, 0) is 24.5 Å². The number of nitrogens with zero attached hydrogens (tertiary/aromatic N) is 1. The number of carbonyl (C=O) groups is 2. The number of aliphatic carboxylic acids is 1. The van der Waals surface area contributed by atoms with Gasteiger partial charge in [0, 0.05) is 0 Å². The number of hydrogen-bond donors (Lipinski definition) is 1. The van der Waals surface area contributed by atoms with Gasteiger partial charge < -0.3 is 5.11 Å². The van der Waals surface area contributed by atoms with Gasteiger partial charge in [0.25, 0.3) is 5.91 Å². The topological polar surface area (TPSA) is 57.6 Å². The number of thiocarbonyl (C=S) groups is 1. The predicted octanol–water partition coefficient (Wildman–Crippen LogP) is 3.31. The molecule has 4 nitrogen and oxygen atoms in total. The van der Waals surface area contributed by atoms with Gasteiger partial charge in [-0.15, -0.1) is 0 Å². The number of carboxylic acids is 1. The van der Waals surface area contributed by atoms with E-state index in [-0.39, 0.29) is 11.8 Å². The summed E-state index contributed by atoms with van der Waals surface area (Å²) in [6.07, 6.45) is 1.76. The molecule has 1 aromatic carbocycles. The fraction of sp³-hybridized carbons (Fsp3) is 0.312. The summed E-state index contributed by atoms with van der Waals surface area (Å²) in [5.74, 6) is -1.60. The maximum absolute atomic E-state index is 12.5. The van der Waals surface area contributed by atoms with Crippen molar-refractivity contribution in [2.45, 2.75) is 26.8 Å². The molecule has 1 heterocycles. The van der Waals surface area contributed by atoms with Gasteiger partial charge in [-0.1, -0.05) is 67.7 Å². The van der Waals surface area contributed by atoms with Crippen molar-refractivity contribution in [1.82, 2.24) is 4.90 Å². The van der Waals surface area contributed by atoms with Gasteiger partial charge in [0.15, 0.2) is 0 Å². The van der Waals surface area contributed by atoms with Crippen LogP contribution < -0.4 is 0 Å². The molecule has 0 spiro atoms. The molecule has 1 N–H and O–H groups in total. The molecule has 22 heavy (non-hydrogen) atoms. The van der Waals surface area contributed by atoms with E-state index in [1.165, 1.54) is 4.90 Å². The molecule has 6 heteroatoms. The first-order chi connectivity index (χ1) is 10.3. The quantitative estimate of drug-likeness (QED) is 0.676. The SMILES string of the molecule is Cc1cccc(/C=C2\SC(=S)N([C@@H](C(=O)O)C(C)C)C2=O)c1. The zero-order chi connectivity index (χ0) is 16.4. The van der Waals surface area contributed by atoms with Crippen molar-refractivity contribution in [1.29, 1.82) is 0 Å². The summed E-state index contributed by atoms with van der Waals surface area (Å²) < 4.78 is 0.296. The number of carbonyl (C=O) groups excluding carboxylic acids is 1. The number of rotatable bonds is 4. The van der Waals surface area contributed by atoms with Crippen LogP contribution in [0.2, 0.25) is 0 Å². The molecule has 1 aliphatic heterocycles. The maximum Gasteiger partial charge on any atom is 0.327 e. The van der Waals surface area contributed by atoms with Crippen LogP contribution in [0.15, 0.2) is 29.2 Å². The Hall–Kier alpha value is -1.66. The average molecular weight is 335 g/mol. The van der Waals surface area contributed by atoms with Crippen molar-refractivity contribution in [3.05, 3.63) is 40.3 Å². The van der Waals surface area contributed by atoms with Crippen LogP contribution in [0, 0.1) is 12.8 Å². The van der Waals surface area contributed by atoms with E-state index in [1.54, 1.807) is 19.9 Å². The van der Waals surface area contributed by atoms with Crippen LogP contribution in [0.5, 0.6) is 0 Å². The lowest BCUT2D eigenvalue weighted by molar-refractivity contribution is -0.146. The third-order valence-electron chi connectivity index (χ3n) is 3.33. The third kappa shape index (κ3) is 3.39. The normalized spacial score (nSPS) is 18.4. The molecule has 1 fully saturated rings. The molecule has 0 aliphatic carbocycles. The number of benzene rings is 1. The smallest absolute Gasteiger partial charge is 0.327 e. The predicted molar refractivity (Wildman–Crippen MR) is 92.5 cm³/mol. The largest absolute Gasteiger partial charge is 0.480 e. The number of aryl methyl sites for hydroxylation is 1. The molecule has 0 saturated carbocycles. The molecular formula is C16H17NO3S2. The van der Waals surface area contributed by atoms with Gasteiger partial charge in [0.2, 0.25) is 0 Å². The Balaban J connectivity index is 2.34. The van der Waals surface area contributed by atoms with Crippen LogP contribution in [0.1, 0.15) is 25.0 Å². The van der Waals surface area contributed by atoms with E-state index in [0.717, 1.165) is 22.9 Å². The van der Waals surface area contributed by atoms with Crippen LogP contribution in [-0.2, 0) is 9.59 Å². The zero-order valence-electron chi connectivity index (χ0n) is 12.6. The van der Waals surface area contributed by atoms with Gasteiger partial charge in [-0.3, -0.25) is 9.69 Å². The molecule has 1 saturated heterocycles. The Morgan fingerprint density at radius 1 is 1.41 bits per heavy atom. The van der Waals surface area contributed by atoms with Crippen molar-refractivity contribution in [3.8, 4) is 0 Å². The molecule has 1 aromatic rings. The summed E-state index contributed by atoms with van der Waals surface area (Å²) in [6, 6.07) is 6.81. The summed E-state index contributed by atoms with van der Waals surface area (Å²) >= 11 is 6.37. The fourth-order valence-electron chi connectivity index (χ4n) is 2.32. The third-order valence-corrected chi connectivity index (χ3v) is 4.66. The minimum Gasteiger partial charge on any atom is -0.480 e. The van der Waals surface area contributed by atoms with Crippen molar-refractivity contribution in [2.75, 3.05) is 0 Å². The van der Waals surface area contributed by atoms with E-state index in [4.69, 9.17) is 12.2 Å². The molecule has 0 bridgehead atoms. The number of amides is 1. The maximum atomic E-state index is 12.5. The minimum atomic E-state index is -1.04. The number of thioether (sulfide) groups is 1. The Kier molecular flexibility index (Phi) is 5.03. The monoisotopic (exact) mass is 335 g/mol. The van der Waals surface area contributed by atoms with Gasteiger partial charge in [-0.2, -0.15) is 0 Å². The highest BCUT2D eigenvalue weighted by Gasteiger charge is 2.41. The lowest BCUT2D eigenvalue weighted by Crippen LogP contribution is -2.47. The van der Waals surface area contributed by atoms with E-state index in [0.29, 0.717) is 9.23 Å². The second-order valence-electron chi connectivity index (χ2n) is 5.49. The van der Waals surface area contributed by atoms with Crippen molar-refractivity contribution in [3.63, 3.8) is 0 Å². The second kappa shape index (κ2) is 6.62. The Labute approximate surface area is 139 Å². The summed E-state index contributed by atoms with van der Waals surface area (Å²) in [5.41, 5.74) is 1.99. The molecular weight excluding hydrogens is 318 g/mol. The average Bonchev–Trinajstić information content (AvgIpc) is 2.66. The zero-order valence-corrected chi connectivity index (χ0v) is 14.2. The van der Waals surface area contributed by atoms with E-state index in [1.807, 2.05) is 31.2 Å². The first-order valence-electron chi connectivity index (χ1n) is 6.88. The molecule has 1 amide bonds. The highest BCUT2D eigenvalue weighted by atomic mass is 32.2. The summed E-state index contributed by atoms with van der Waals surface area (Å²) in [6.45, 7) is 5.50. The van der Waals surface area contributed by atoms with E-state index in [2.05, 4.69) is 0 Å². The summed E-state index contributed by atoms with van der Waals surface area (Å²) in [7, 11) is 0. The molecule has 2 rings (SSSR count). The number of carboxylic acid groups (broad SMARTS) is 1.